The average Bonchev–Trinajstić information content (AvgIpc) is 2.52. The number of hydrogen-bond acceptors (Lipinski definition) is 3. The van der Waals surface area contributed by atoms with Gasteiger partial charge in [0.25, 0.3) is 5.91 Å². The molecule has 0 saturated heterocycles. The van der Waals surface area contributed by atoms with Crippen LogP contribution in [-0.2, 0) is 4.79 Å². The van der Waals surface area contributed by atoms with Crippen LogP contribution in [0.3, 0.4) is 0 Å². The van der Waals surface area contributed by atoms with Crippen molar-refractivity contribution in [2.24, 2.45) is 0 Å². The largest absolute Gasteiger partial charge is 0.360 e. The Bertz CT molecular complexity index is 748. The van der Waals surface area contributed by atoms with Gasteiger partial charge in [-0.1, -0.05) is 35.9 Å². The minimum absolute atomic E-state index is 0.0248. The van der Waals surface area contributed by atoms with Crippen LogP contribution in [0, 0.1) is 18.3 Å². The van der Waals surface area contributed by atoms with Crippen molar-refractivity contribution in [1.29, 1.82) is 5.26 Å². The van der Waals surface area contributed by atoms with Gasteiger partial charge in [0.15, 0.2) is 0 Å². The Balaban J connectivity index is 2.12. The SMILES string of the molecule is Cc1ccc(Cl)cc1NC(=O)/C(C#N)=C\Nc1ccccc1. The highest BCUT2D eigenvalue weighted by molar-refractivity contribution is 6.31. The van der Waals surface area contributed by atoms with Crippen molar-refractivity contribution in [3.63, 3.8) is 0 Å². The van der Waals surface area contributed by atoms with E-state index in [9.17, 15) is 4.79 Å². The van der Waals surface area contributed by atoms with Gasteiger partial charge in [0.05, 0.1) is 0 Å². The summed E-state index contributed by atoms with van der Waals surface area (Å²) in [6.45, 7) is 1.85. The summed E-state index contributed by atoms with van der Waals surface area (Å²) in [5, 5.41) is 15.3. The van der Waals surface area contributed by atoms with E-state index in [0.717, 1.165) is 11.3 Å². The van der Waals surface area contributed by atoms with Gasteiger partial charge in [0.1, 0.15) is 11.6 Å². The molecule has 0 spiro atoms. The Morgan fingerprint density at radius 1 is 1.23 bits per heavy atom. The summed E-state index contributed by atoms with van der Waals surface area (Å²) in [6.07, 6.45) is 1.38. The molecule has 0 aliphatic rings. The number of nitrogens with one attached hydrogen (secondary N) is 2. The fourth-order valence-corrected chi connectivity index (χ4v) is 1.93. The Hall–Kier alpha value is -2.77. The molecule has 0 bridgehead atoms. The fourth-order valence-electron chi connectivity index (χ4n) is 1.76. The van der Waals surface area contributed by atoms with E-state index in [1.807, 2.05) is 43.3 Å². The molecule has 0 aromatic heterocycles. The van der Waals surface area contributed by atoms with E-state index in [2.05, 4.69) is 10.6 Å². The summed E-state index contributed by atoms with van der Waals surface area (Å²) >= 11 is 5.91. The Morgan fingerprint density at radius 2 is 1.95 bits per heavy atom. The highest BCUT2D eigenvalue weighted by atomic mass is 35.5. The van der Waals surface area contributed by atoms with Crippen molar-refractivity contribution in [3.05, 3.63) is 70.9 Å². The third-order valence-electron chi connectivity index (χ3n) is 2.97. The van der Waals surface area contributed by atoms with Crippen molar-refractivity contribution in [3.8, 4) is 6.07 Å². The lowest BCUT2D eigenvalue weighted by molar-refractivity contribution is -0.112. The van der Waals surface area contributed by atoms with Crippen molar-refractivity contribution < 1.29 is 4.79 Å². The lowest BCUT2D eigenvalue weighted by Crippen LogP contribution is -2.15. The number of anilines is 2. The van der Waals surface area contributed by atoms with Crippen LogP contribution in [0.5, 0.6) is 0 Å². The number of carbonyl (C=O) groups is 1. The third-order valence-corrected chi connectivity index (χ3v) is 3.20. The lowest BCUT2D eigenvalue weighted by Gasteiger charge is -2.08. The molecular formula is C17H14ClN3O. The summed E-state index contributed by atoms with van der Waals surface area (Å²) in [5.41, 5.74) is 2.22. The number of aryl methyl sites for hydroxylation is 1. The molecule has 0 atom stereocenters. The topological polar surface area (TPSA) is 64.9 Å². The predicted octanol–water partition coefficient (Wildman–Crippen LogP) is 4.11. The fraction of sp³-hybridized carbons (Fsp3) is 0.0588. The first-order valence-electron chi connectivity index (χ1n) is 6.59. The second kappa shape index (κ2) is 7.30. The second-order valence-electron chi connectivity index (χ2n) is 4.59. The second-order valence-corrected chi connectivity index (χ2v) is 5.03. The van der Waals surface area contributed by atoms with E-state index in [4.69, 9.17) is 16.9 Å². The van der Waals surface area contributed by atoms with Crippen molar-refractivity contribution >= 4 is 28.9 Å². The number of amides is 1. The number of nitriles is 1. The monoisotopic (exact) mass is 311 g/mol. The van der Waals surface area contributed by atoms with Crippen molar-refractivity contribution in [2.75, 3.05) is 10.6 Å². The molecule has 5 heteroatoms. The van der Waals surface area contributed by atoms with Gasteiger partial charge in [-0.15, -0.1) is 0 Å². The van der Waals surface area contributed by atoms with E-state index in [0.29, 0.717) is 10.7 Å². The molecule has 0 aliphatic heterocycles. The zero-order valence-corrected chi connectivity index (χ0v) is 12.7. The van der Waals surface area contributed by atoms with E-state index >= 15 is 0 Å². The van der Waals surface area contributed by atoms with E-state index in [-0.39, 0.29) is 5.57 Å². The number of carbonyl (C=O) groups excluding carboxylic acids is 1. The van der Waals surface area contributed by atoms with Crippen LogP contribution < -0.4 is 10.6 Å². The maximum absolute atomic E-state index is 12.1. The van der Waals surface area contributed by atoms with E-state index in [1.54, 1.807) is 18.2 Å². The molecule has 4 nitrogen and oxygen atoms in total. The normalized spacial score (nSPS) is 10.7. The standard InChI is InChI=1S/C17H14ClN3O/c1-12-7-8-14(18)9-16(12)21-17(22)13(10-19)11-20-15-5-3-2-4-6-15/h2-9,11,20H,1H3,(H,21,22)/b13-11-. The van der Waals surface area contributed by atoms with E-state index < -0.39 is 5.91 Å². The van der Waals surface area contributed by atoms with Crippen LogP contribution in [0.1, 0.15) is 5.56 Å². The molecule has 0 heterocycles. The minimum atomic E-state index is -0.490. The molecule has 1 amide bonds. The van der Waals surface area contributed by atoms with Gasteiger partial charge >= 0.3 is 0 Å². The van der Waals surface area contributed by atoms with Gasteiger partial charge in [-0.3, -0.25) is 4.79 Å². The maximum atomic E-state index is 12.1. The Kier molecular flexibility index (Phi) is 5.18. The van der Waals surface area contributed by atoms with Gasteiger partial charge in [-0.25, -0.2) is 0 Å². The molecule has 0 saturated carbocycles. The molecule has 0 aliphatic carbocycles. The number of hydrogen-bond donors (Lipinski definition) is 2. The number of benzene rings is 2. The summed E-state index contributed by atoms with van der Waals surface area (Å²) in [6, 6.07) is 16.3. The summed E-state index contributed by atoms with van der Waals surface area (Å²) < 4.78 is 0. The molecule has 2 rings (SSSR count). The van der Waals surface area contributed by atoms with Crippen LogP contribution in [0.4, 0.5) is 11.4 Å². The van der Waals surface area contributed by atoms with Crippen LogP contribution >= 0.6 is 11.6 Å². The molecule has 0 radical (unpaired) electrons. The Labute approximate surface area is 134 Å². The minimum Gasteiger partial charge on any atom is -0.360 e. The first kappa shape index (κ1) is 15.6. The summed E-state index contributed by atoms with van der Waals surface area (Å²) in [7, 11) is 0. The van der Waals surface area contributed by atoms with E-state index in [1.165, 1.54) is 6.20 Å². The highest BCUT2D eigenvalue weighted by Gasteiger charge is 2.11. The number of para-hydroxylation sites is 1. The number of nitrogens with zero attached hydrogens (tertiary/aromatic N) is 1. The zero-order chi connectivity index (χ0) is 15.9. The zero-order valence-electron chi connectivity index (χ0n) is 11.9. The molecule has 22 heavy (non-hydrogen) atoms. The van der Waals surface area contributed by atoms with Gasteiger partial charge in [0.2, 0.25) is 0 Å². The third kappa shape index (κ3) is 4.11. The van der Waals surface area contributed by atoms with Crippen molar-refractivity contribution in [2.45, 2.75) is 6.92 Å². The van der Waals surface area contributed by atoms with Crippen LogP contribution in [-0.4, -0.2) is 5.91 Å². The first-order chi connectivity index (χ1) is 10.6. The molecule has 110 valence electrons. The lowest BCUT2D eigenvalue weighted by atomic mass is 10.2. The van der Waals surface area contributed by atoms with Gasteiger partial charge in [-0.05, 0) is 36.8 Å². The maximum Gasteiger partial charge on any atom is 0.267 e. The highest BCUT2D eigenvalue weighted by Crippen LogP contribution is 2.20. The van der Waals surface area contributed by atoms with Gasteiger partial charge < -0.3 is 10.6 Å². The average molecular weight is 312 g/mol. The molecule has 2 aromatic rings. The molecule has 0 fully saturated rings. The first-order valence-corrected chi connectivity index (χ1v) is 6.97. The van der Waals surface area contributed by atoms with Gasteiger partial charge in [-0.2, -0.15) is 5.26 Å². The van der Waals surface area contributed by atoms with Crippen LogP contribution in [0.15, 0.2) is 60.3 Å². The molecule has 0 unspecified atom stereocenters. The van der Waals surface area contributed by atoms with Crippen LogP contribution in [0.2, 0.25) is 5.02 Å². The molecule has 2 N–H and O–H groups in total. The smallest absolute Gasteiger partial charge is 0.267 e. The number of halogens is 1. The predicted molar refractivity (Wildman–Crippen MR) is 88.6 cm³/mol. The molecular weight excluding hydrogens is 298 g/mol. The van der Waals surface area contributed by atoms with Crippen molar-refractivity contribution in [1.82, 2.24) is 0 Å². The van der Waals surface area contributed by atoms with Crippen LogP contribution in [0.25, 0.3) is 0 Å². The van der Waals surface area contributed by atoms with Gasteiger partial charge in [0, 0.05) is 22.6 Å². The summed E-state index contributed by atoms with van der Waals surface area (Å²) in [4.78, 5) is 12.1. The Morgan fingerprint density at radius 3 is 2.64 bits per heavy atom. The quantitative estimate of drug-likeness (QED) is 0.660. The number of rotatable bonds is 4. The summed E-state index contributed by atoms with van der Waals surface area (Å²) in [5.74, 6) is -0.490. The molecule has 2 aromatic carbocycles.